The van der Waals surface area contributed by atoms with Gasteiger partial charge in [-0.15, -0.1) is 0 Å². The zero-order valence-corrected chi connectivity index (χ0v) is 15.1. The highest BCUT2D eigenvalue weighted by atomic mass is 35.5. The molecule has 0 aromatic carbocycles. The normalized spacial score (nSPS) is 20.9. The molecule has 2 N–H and O–H groups in total. The maximum absolute atomic E-state index is 12.9. The van der Waals surface area contributed by atoms with Gasteiger partial charge in [-0.05, 0) is 40.5 Å². The van der Waals surface area contributed by atoms with Gasteiger partial charge in [0.15, 0.2) is 5.69 Å². The van der Waals surface area contributed by atoms with Crippen LogP contribution in [0, 0.1) is 0 Å². The van der Waals surface area contributed by atoms with E-state index >= 15 is 0 Å². The Hall–Kier alpha value is -1.28. The topological polar surface area (TPSA) is 59.0 Å². The molecule has 2 rings (SSSR count). The standard InChI is InChI=1S/C15H22ClF3N4O/c1-13(2)6-8(7-14(3,4)22-13)20-12(24)10-9(16)11(15(17,18)19)21-23(10)5/h8,22H,6-7H2,1-5H3,(H,20,24). The van der Waals surface area contributed by atoms with E-state index in [-0.39, 0.29) is 22.8 Å². The first kappa shape index (κ1) is 19.1. The van der Waals surface area contributed by atoms with E-state index in [1.807, 2.05) is 27.7 Å². The molecule has 24 heavy (non-hydrogen) atoms. The van der Waals surface area contributed by atoms with Crippen molar-refractivity contribution < 1.29 is 18.0 Å². The van der Waals surface area contributed by atoms with Gasteiger partial charge in [0.2, 0.25) is 0 Å². The second kappa shape index (κ2) is 5.91. The lowest BCUT2D eigenvalue weighted by atomic mass is 9.79. The highest BCUT2D eigenvalue weighted by Crippen LogP contribution is 2.35. The molecule has 0 spiro atoms. The van der Waals surface area contributed by atoms with E-state index in [1.165, 1.54) is 7.05 Å². The van der Waals surface area contributed by atoms with E-state index < -0.39 is 22.8 Å². The quantitative estimate of drug-likeness (QED) is 0.845. The number of nitrogens with one attached hydrogen (secondary N) is 2. The van der Waals surface area contributed by atoms with Gasteiger partial charge >= 0.3 is 6.18 Å². The first-order chi connectivity index (χ1) is 10.7. The van der Waals surface area contributed by atoms with Gasteiger partial charge in [-0.25, -0.2) is 0 Å². The summed E-state index contributed by atoms with van der Waals surface area (Å²) in [7, 11) is 1.27. The number of carbonyl (C=O) groups is 1. The van der Waals surface area contributed by atoms with Crippen molar-refractivity contribution in [3.05, 3.63) is 16.4 Å². The zero-order chi connectivity index (χ0) is 18.5. The van der Waals surface area contributed by atoms with Crippen LogP contribution < -0.4 is 10.6 Å². The molecule has 0 atom stereocenters. The highest BCUT2D eigenvalue weighted by molar-refractivity contribution is 6.34. The van der Waals surface area contributed by atoms with Crippen molar-refractivity contribution in [1.82, 2.24) is 20.4 Å². The third kappa shape index (κ3) is 4.03. The van der Waals surface area contributed by atoms with E-state index in [1.54, 1.807) is 0 Å². The Morgan fingerprint density at radius 1 is 1.29 bits per heavy atom. The molecule has 1 amide bonds. The third-order valence-corrected chi connectivity index (χ3v) is 4.36. The van der Waals surface area contributed by atoms with E-state index in [0.717, 1.165) is 4.68 Å². The Morgan fingerprint density at radius 3 is 2.21 bits per heavy atom. The number of amides is 1. The van der Waals surface area contributed by atoms with Gasteiger partial charge in [-0.2, -0.15) is 18.3 Å². The summed E-state index contributed by atoms with van der Waals surface area (Å²) in [6.45, 7) is 8.08. The molecule has 1 aromatic rings. The smallest absolute Gasteiger partial charge is 0.348 e. The van der Waals surface area contributed by atoms with Gasteiger partial charge in [0.1, 0.15) is 10.7 Å². The third-order valence-electron chi connectivity index (χ3n) is 4.00. The van der Waals surface area contributed by atoms with Crippen molar-refractivity contribution in [2.45, 2.75) is 63.8 Å². The predicted molar refractivity (Wildman–Crippen MR) is 85.0 cm³/mol. The van der Waals surface area contributed by atoms with Crippen molar-refractivity contribution in [3.63, 3.8) is 0 Å². The average Bonchev–Trinajstić information content (AvgIpc) is 2.59. The maximum Gasteiger partial charge on any atom is 0.436 e. The number of rotatable bonds is 2. The fourth-order valence-corrected chi connectivity index (χ4v) is 3.96. The summed E-state index contributed by atoms with van der Waals surface area (Å²) in [6, 6.07) is -0.177. The van der Waals surface area contributed by atoms with Crippen molar-refractivity contribution in [3.8, 4) is 0 Å². The minimum atomic E-state index is -4.70. The second-order valence-electron chi connectivity index (χ2n) is 7.60. The number of piperidine rings is 1. The number of aromatic nitrogens is 2. The van der Waals surface area contributed by atoms with Gasteiger partial charge in [0.25, 0.3) is 5.91 Å². The first-order valence-electron chi connectivity index (χ1n) is 7.62. The van der Waals surface area contributed by atoms with Crippen LogP contribution in [0.5, 0.6) is 0 Å². The molecular weight excluding hydrogens is 345 g/mol. The van der Waals surface area contributed by atoms with Gasteiger partial charge < -0.3 is 10.6 Å². The monoisotopic (exact) mass is 366 g/mol. The van der Waals surface area contributed by atoms with Crippen LogP contribution in [0.2, 0.25) is 5.02 Å². The number of halogens is 4. The Morgan fingerprint density at radius 2 is 1.79 bits per heavy atom. The minimum absolute atomic E-state index is 0.177. The molecule has 0 bridgehead atoms. The molecule has 0 radical (unpaired) electrons. The van der Waals surface area contributed by atoms with Crippen LogP contribution in [-0.4, -0.2) is 32.8 Å². The molecule has 1 aromatic heterocycles. The molecule has 9 heteroatoms. The van der Waals surface area contributed by atoms with Crippen LogP contribution in [0.15, 0.2) is 0 Å². The number of carbonyl (C=O) groups excluding carboxylic acids is 1. The van der Waals surface area contributed by atoms with E-state index in [9.17, 15) is 18.0 Å². The number of hydrogen-bond acceptors (Lipinski definition) is 3. The largest absolute Gasteiger partial charge is 0.436 e. The molecule has 0 unspecified atom stereocenters. The summed E-state index contributed by atoms with van der Waals surface area (Å²) in [5, 5.41) is 8.95. The van der Waals surface area contributed by atoms with Gasteiger partial charge in [-0.3, -0.25) is 9.48 Å². The number of nitrogens with zero attached hydrogens (tertiary/aromatic N) is 2. The molecule has 1 saturated heterocycles. The fraction of sp³-hybridized carbons (Fsp3) is 0.733. The number of aryl methyl sites for hydroxylation is 1. The first-order valence-corrected chi connectivity index (χ1v) is 7.99. The average molecular weight is 367 g/mol. The number of alkyl halides is 3. The van der Waals surface area contributed by atoms with E-state index in [4.69, 9.17) is 11.6 Å². The molecule has 2 heterocycles. The highest BCUT2D eigenvalue weighted by Gasteiger charge is 2.41. The molecule has 0 aliphatic carbocycles. The Balaban J connectivity index is 2.23. The molecule has 136 valence electrons. The minimum Gasteiger partial charge on any atom is -0.348 e. The summed E-state index contributed by atoms with van der Waals surface area (Å²) >= 11 is 5.76. The van der Waals surface area contributed by atoms with Crippen LogP contribution in [0.1, 0.15) is 56.7 Å². The summed E-state index contributed by atoms with van der Waals surface area (Å²) in [4.78, 5) is 12.5. The van der Waals surface area contributed by atoms with Crippen molar-refractivity contribution in [1.29, 1.82) is 0 Å². The van der Waals surface area contributed by atoms with Crippen LogP contribution in [-0.2, 0) is 13.2 Å². The van der Waals surface area contributed by atoms with Crippen LogP contribution >= 0.6 is 11.6 Å². The van der Waals surface area contributed by atoms with Crippen LogP contribution in [0.4, 0.5) is 13.2 Å². The molecule has 1 aliphatic rings. The van der Waals surface area contributed by atoms with Crippen LogP contribution in [0.3, 0.4) is 0 Å². The fourth-order valence-electron chi connectivity index (χ4n) is 3.60. The lowest BCUT2D eigenvalue weighted by Crippen LogP contribution is -2.62. The second-order valence-corrected chi connectivity index (χ2v) is 7.98. The summed E-state index contributed by atoms with van der Waals surface area (Å²) in [6.07, 6.45) is -3.39. The van der Waals surface area contributed by atoms with Crippen LogP contribution in [0.25, 0.3) is 0 Å². The summed E-state index contributed by atoms with van der Waals surface area (Å²) < 4.78 is 39.5. The molecular formula is C15H22ClF3N4O. The van der Waals surface area contributed by atoms with Gasteiger partial charge in [0, 0.05) is 24.2 Å². The Kier molecular flexibility index (Phi) is 4.69. The Bertz CT molecular complexity index is 636. The predicted octanol–water partition coefficient (Wildman–Crippen LogP) is 3.13. The van der Waals surface area contributed by atoms with E-state index in [0.29, 0.717) is 12.8 Å². The van der Waals surface area contributed by atoms with Crippen molar-refractivity contribution in [2.75, 3.05) is 0 Å². The summed E-state index contributed by atoms with van der Waals surface area (Å²) in [5.41, 5.74) is -1.93. The van der Waals surface area contributed by atoms with Gasteiger partial charge in [0.05, 0.1) is 0 Å². The number of hydrogen-bond donors (Lipinski definition) is 2. The molecule has 0 saturated carbocycles. The Labute approximate surface area is 143 Å². The lowest BCUT2D eigenvalue weighted by Gasteiger charge is -2.46. The van der Waals surface area contributed by atoms with Crippen molar-refractivity contribution in [2.24, 2.45) is 7.05 Å². The zero-order valence-electron chi connectivity index (χ0n) is 14.3. The molecule has 1 fully saturated rings. The van der Waals surface area contributed by atoms with Crippen molar-refractivity contribution >= 4 is 17.5 Å². The van der Waals surface area contributed by atoms with E-state index in [2.05, 4.69) is 15.7 Å². The summed E-state index contributed by atoms with van der Waals surface area (Å²) in [5.74, 6) is -0.649. The van der Waals surface area contributed by atoms with Gasteiger partial charge in [-0.1, -0.05) is 11.6 Å². The lowest BCUT2D eigenvalue weighted by molar-refractivity contribution is -0.141. The maximum atomic E-state index is 12.9. The molecule has 5 nitrogen and oxygen atoms in total. The SMILES string of the molecule is Cn1nc(C(F)(F)F)c(Cl)c1C(=O)NC1CC(C)(C)NC(C)(C)C1. The molecule has 1 aliphatic heterocycles.